The number of unbranched alkanes of at least 4 members (excludes halogenated alkanes) is 6. The molecule has 55 heavy (non-hydrogen) atoms. The molecule has 4 atom stereocenters. The summed E-state index contributed by atoms with van der Waals surface area (Å²) in [6, 6.07) is 38.5. The van der Waals surface area contributed by atoms with Crippen LogP contribution in [0.4, 0.5) is 0 Å². The van der Waals surface area contributed by atoms with Crippen molar-refractivity contribution in [3.63, 3.8) is 0 Å². The largest absolute Gasteiger partial charge is 0.289 e. The van der Waals surface area contributed by atoms with Crippen LogP contribution < -0.4 is 0 Å². The SMILES string of the molecule is CCCCCCC(C)(CCc1ccccc1)C1=CC2(CC23C=C(C(C)(CCCCCC)CCc2ccccc2)C(=O)c2ccccc23)c2ccccc2C1=O. The van der Waals surface area contributed by atoms with Gasteiger partial charge in [0.15, 0.2) is 11.6 Å². The monoisotopic (exact) mass is 730 g/mol. The highest BCUT2D eigenvalue weighted by atomic mass is 16.1. The number of benzene rings is 4. The lowest BCUT2D eigenvalue weighted by atomic mass is 9.62. The zero-order valence-electron chi connectivity index (χ0n) is 34.0. The maximum absolute atomic E-state index is 14.9. The van der Waals surface area contributed by atoms with Crippen molar-refractivity contribution >= 4 is 11.6 Å². The number of Topliss-reactive ketones (excluding diaryl/α,β-unsaturated/α-hetero) is 2. The van der Waals surface area contributed by atoms with Gasteiger partial charge in [0, 0.05) is 33.1 Å². The molecule has 2 nitrogen and oxygen atoms in total. The zero-order chi connectivity index (χ0) is 38.5. The summed E-state index contributed by atoms with van der Waals surface area (Å²) in [5.41, 5.74) is 7.27. The van der Waals surface area contributed by atoms with Gasteiger partial charge >= 0.3 is 0 Å². The van der Waals surface area contributed by atoms with Crippen LogP contribution in [0.1, 0.15) is 154 Å². The minimum absolute atomic E-state index is 0.197. The molecule has 0 radical (unpaired) electrons. The maximum atomic E-state index is 14.9. The molecule has 1 saturated carbocycles. The van der Waals surface area contributed by atoms with E-state index in [-0.39, 0.29) is 22.4 Å². The molecule has 7 rings (SSSR count). The highest BCUT2D eigenvalue weighted by Crippen LogP contribution is 2.72. The molecule has 4 aromatic rings. The smallest absolute Gasteiger partial charge is 0.189 e. The summed E-state index contributed by atoms with van der Waals surface area (Å²) in [5, 5.41) is 0. The minimum Gasteiger partial charge on any atom is -0.289 e. The lowest BCUT2D eigenvalue weighted by Gasteiger charge is -2.40. The minimum atomic E-state index is -0.394. The molecule has 0 aromatic heterocycles. The molecule has 2 heteroatoms. The summed E-state index contributed by atoms with van der Waals surface area (Å²) in [4.78, 5) is 29.9. The second kappa shape index (κ2) is 16.4. The second-order valence-electron chi connectivity index (χ2n) is 17.7. The summed E-state index contributed by atoms with van der Waals surface area (Å²) in [7, 11) is 0. The Morgan fingerprint density at radius 2 is 0.855 bits per heavy atom. The topological polar surface area (TPSA) is 34.1 Å². The van der Waals surface area contributed by atoms with E-state index in [0.29, 0.717) is 0 Å². The van der Waals surface area contributed by atoms with Crippen molar-refractivity contribution in [2.24, 2.45) is 10.8 Å². The Morgan fingerprint density at radius 3 is 1.25 bits per heavy atom. The van der Waals surface area contributed by atoms with Crippen molar-refractivity contribution in [1.82, 2.24) is 0 Å². The predicted molar refractivity (Wildman–Crippen MR) is 229 cm³/mol. The van der Waals surface area contributed by atoms with Gasteiger partial charge in [0.05, 0.1) is 0 Å². The number of aryl methyl sites for hydroxylation is 2. The standard InChI is InChI=1S/C53H62O2/c1-5-7-9-21-33-50(3,35-31-40-23-13-11-14-24-40)46-37-52(44-29-19-17-27-42(44)48(46)54)39-53(52)38-47(49(55)43-28-18-20-30-45(43)53)51(4,34-22-10-8-6-2)36-32-41-25-15-12-16-26-41/h11-20,23-30,37-38H,5-10,21-22,31-36,39H2,1-4H3. The van der Waals surface area contributed by atoms with Crippen molar-refractivity contribution in [1.29, 1.82) is 0 Å². The average Bonchev–Trinajstić information content (AvgIpc) is 3.87. The van der Waals surface area contributed by atoms with Crippen LogP contribution in [0.5, 0.6) is 0 Å². The Labute approximate surface area is 331 Å². The Morgan fingerprint density at radius 1 is 0.473 bits per heavy atom. The number of hydrogen-bond donors (Lipinski definition) is 0. The molecule has 3 aliphatic rings. The highest BCUT2D eigenvalue weighted by molar-refractivity contribution is 6.15. The molecule has 2 spiro atoms. The third-order valence-electron chi connectivity index (χ3n) is 13.9. The van der Waals surface area contributed by atoms with Gasteiger partial charge in [-0.25, -0.2) is 0 Å². The first-order valence-corrected chi connectivity index (χ1v) is 21.5. The first kappa shape index (κ1) is 39.0. The summed E-state index contributed by atoms with van der Waals surface area (Å²) in [5.74, 6) is 0.393. The van der Waals surface area contributed by atoms with Gasteiger partial charge in [0.1, 0.15) is 0 Å². The van der Waals surface area contributed by atoms with Gasteiger partial charge in [0.25, 0.3) is 0 Å². The summed E-state index contributed by atoms with van der Waals surface area (Å²) in [6.45, 7) is 9.28. The Bertz CT molecular complexity index is 1890. The predicted octanol–water partition coefficient (Wildman–Crippen LogP) is 13.7. The Hall–Kier alpha value is -4.30. The van der Waals surface area contributed by atoms with Crippen molar-refractivity contribution < 1.29 is 9.59 Å². The van der Waals surface area contributed by atoms with Gasteiger partial charge < -0.3 is 0 Å². The van der Waals surface area contributed by atoms with E-state index >= 15 is 0 Å². The summed E-state index contributed by atoms with van der Waals surface area (Å²) in [6.07, 6.45) is 20.9. The molecule has 286 valence electrons. The number of allylic oxidation sites excluding steroid dienone is 4. The van der Waals surface area contributed by atoms with Gasteiger partial charge in [-0.05, 0) is 78.0 Å². The van der Waals surface area contributed by atoms with Crippen molar-refractivity contribution in [3.05, 3.63) is 166 Å². The molecular formula is C53H62O2. The van der Waals surface area contributed by atoms with Crippen LogP contribution in [0, 0.1) is 10.8 Å². The van der Waals surface area contributed by atoms with Crippen molar-refractivity contribution in [3.8, 4) is 0 Å². The molecule has 0 aliphatic heterocycles. The van der Waals surface area contributed by atoms with E-state index in [0.717, 1.165) is 91.2 Å². The zero-order valence-corrected chi connectivity index (χ0v) is 34.0. The van der Waals surface area contributed by atoms with E-state index in [2.05, 4.69) is 137 Å². The van der Waals surface area contributed by atoms with Gasteiger partial charge in [-0.15, -0.1) is 0 Å². The third-order valence-corrected chi connectivity index (χ3v) is 13.9. The van der Waals surface area contributed by atoms with E-state index in [1.54, 1.807) is 0 Å². The lowest BCUT2D eigenvalue weighted by Crippen LogP contribution is -2.37. The summed E-state index contributed by atoms with van der Waals surface area (Å²) >= 11 is 0. The average molecular weight is 731 g/mol. The van der Waals surface area contributed by atoms with Crippen LogP contribution in [0.25, 0.3) is 0 Å². The van der Waals surface area contributed by atoms with E-state index < -0.39 is 10.8 Å². The van der Waals surface area contributed by atoms with Crippen LogP contribution in [0.3, 0.4) is 0 Å². The summed E-state index contributed by atoms with van der Waals surface area (Å²) < 4.78 is 0. The van der Waals surface area contributed by atoms with Gasteiger partial charge in [-0.1, -0.05) is 200 Å². The number of rotatable bonds is 18. The van der Waals surface area contributed by atoms with E-state index in [1.807, 2.05) is 12.1 Å². The molecule has 0 amide bonds. The molecule has 0 N–H and O–H groups in total. The van der Waals surface area contributed by atoms with Crippen LogP contribution in [-0.4, -0.2) is 11.6 Å². The van der Waals surface area contributed by atoms with Crippen LogP contribution in [0.2, 0.25) is 0 Å². The van der Waals surface area contributed by atoms with Crippen molar-refractivity contribution in [2.45, 2.75) is 135 Å². The van der Waals surface area contributed by atoms with Gasteiger partial charge in [-0.2, -0.15) is 0 Å². The van der Waals surface area contributed by atoms with Crippen molar-refractivity contribution in [2.75, 3.05) is 0 Å². The molecule has 3 aliphatic carbocycles. The number of carbonyl (C=O) groups excluding carboxylic acids is 2. The molecule has 0 saturated heterocycles. The molecule has 0 bridgehead atoms. The van der Waals surface area contributed by atoms with E-state index in [4.69, 9.17) is 0 Å². The number of fused-ring (bicyclic) bond motifs is 5. The lowest BCUT2D eigenvalue weighted by molar-refractivity contribution is 0.0977. The molecule has 1 fully saturated rings. The van der Waals surface area contributed by atoms with Crippen LogP contribution in [0.15, 0.2) is 132 Å². The molecule has 4 aromatic carbocycles. The quantitative estimate of drug-likeness (QED) is 0.0955. The van der Waals surface area contributed by atoms with Gasteiger partial charge in [-0.3, -0.25) is 9.59 Å². The van der Waals surface area contributed by atoms with Crippen LogP contribution >= 0.6 is 0 Å². The molecule has 4 unspecified atom stereocenters. The van der Waals surface area contributed by atoms with E-state index in [1.165, 1.54) is 49.7 Å². The second-order valence-corrected chi connectivity index (χ2v) is 17.7. The normalized spacial score (nSPS) is 22.0. The van der Waals surface area contributed by atoms with Gasteiger partial charge in [0.2, 0.25) is 0 Å². The molecular weight excluding hydrogens is 669 g/mol. The molecule has 0 heterocycles. The maximum Gasteiger partial charge on any atom is 0.189 e. The number of carbonyl (C=O) groups is 2. The third kappa shape index (κ3) is 7.51. The fraction of sp³-hybridized carbons (Fsp3) is 0.434. The first-order valence-electron chi connectivity index (χ1n) is 21.5. The highest BCUT2D eigenvalue weighted by Gasteiger charge is 2.71. The number of ketones is 2. The fourth-order valence-corrected chi connectivity index (χ4v) is 10.3. The fourth-order valence-electron chi connectivity index (χ4n) is 10.3. The van der Waals surface area contributed by atoms with Crippen LogP contribution in [-0.2, 0) is 23.7 Å². The Balaban J connectivity index is 1.36. The Kier molecular flexibility index (Phi) is 11.6. The van der Waals surface area contributed by atoms with E-state index in [9.17, 15) is 9.59 Å². The number of hydrogen-bond acceptors (Lipinski definition) is 2. The first-order chi connectivity index (χ1) is 26.7.